The van der Waals surface area contributed by atoms with Crippen molar-refractivity contribution >= 4 is 11.6 Å². The molecule has 0 saturated heterocycles. The van der Waals surface area contributed by atoms with E-state index in [2.05, 4.69) is 39.2 Å². The molecule has 0 bridgehead atoms. The lowest BCUT2D eigenvalue weighted by Gasteiger charge is -2.21. The number of benzene rings is 1. The molecule has 0 aliphatic rings. The zero-order valence-corrected chi connectivity index (χ0v) is 12.7. The van der Waals surface area contributed by atoms with Crippen molar-refractivity contribution in [3.05, 3.63) is 42.5 Å². The van der Waals surface area contributed by atoms with E-state index < -0.39 is 0 Å². The number of nitrogens with zero attached hydrogens (tertiary/aromatic N) is 5. The van der Waals surface area contributed by atoms with Crippen LogP contribution in [0.4, 0.5) is 5.69 Å². The average molecular weight is 287 g/mol. The van der Waals surface area contributed by atoms with Crippen molar-refractivity contribution < 1.29 is 4.79 Å². The highest BCUT2D eigenvalue weighted by Crippen LogP contribution is 2.14. The van der Waals surface area contributed by atoms with Gasteiger partial charge in [0.05, 0.1) is 0 Å². The fourth-order valence-corrected chi connectivity index (χ4v) is 2.05. The van der Waals surface area contributed by atoms with Gasteiger partial charge in [-0.25, -0.2) is 9.67 Å². The first-order chi connectivity index (χ1) is 10.1. The minimum atomic E-state index is 0.0414. The van der Waals surface area contributed by atoms with Crippen LogP contribution in [-0.4, -0.2) is 46.2 Å². The first kappa shape index (κ1) is 15.0. The van der Waals surface area contributed by atoms with Crippen LogP contribution < -0.4 is 4.90 Å². The maximum absolute atomic E-state index is 12.3. The van der Waals surface area contributed by atoms with Crippen molar-refractivity contribution in [2.45, 2.75) is 20.0 Å². The summed E-state index contributed by atoms with van der Waals surface area (Å²) < 4.78 is 1.54. The molecule has 0 fully saturated rings. The molecule has 2 aromatic rings. The standard InChI is InChI=1S/C15H21N5O/c1-4-19(15(21)10-20-12-16-11-17-20)9-13-5-7-14(8-6-13)18(2)3/h5-8,11-12H,4,9-10H2,1-3H3. The van der Waals surface area contributed by atoms with Crippen LogP contribution in [0.5, 0.6) is 0 Å². The first-order valence-corrected chi connectivity index (χ1v) is 6.96. The molecule has 1 aromatic carbocycles. The van der Waals surface area contributed by atoms with Crippen LogP contribution in [0.15, 0.2) is 36.9 Å². The lowest BCUT2D eigenvalue weighted by molar-refractivity contribution is -0.132. The number of hydrogen-bond acceptors (Lipinski definition) is 4. The number of anilines is 1. The van der Waals surface area contributed by atoms with E-state index in [4.69, 9.17) is 0 Å². The molecule has 2 rings (SSSR count). The number of aromatic nitrogens is 3. The molecular formula is C15H21N5O. The maximum atomic E-state index is 12.3. The molecule has 112 valence electrons. The van der Waals surface area contributed by atoms with Crippen molar-refractivity contribution in [2.75, 3.05) is 25.5 Å². The second-order valence-electron chi connectivity index (χ2n) is 5.06. The molecule has 0 aliphatic carbocycles. The molecule has 0 N–H and O–H groups in total. The summed E-state index contributed by atoms with van der Waals surface area (Å²) in [6.07, 6.45) is 2.99. The number of carbonyl (C=O) groups is 1. The van der Waals surface area contributed by atoms with Gasteiger partial charge in [0.2, 0.25) is 5.91 Å². The van der Waals surface area contributed by atoms with Gasteiger partial charge in [-0.3, -0.25) is 4.79 Å². The Morgan fingerprint density at radius 3 is 2.48 bits per heavy atom. The van der Waals surface area contributed by atoms with Crippen molar-refractivity contribution in [1.29, 1.82) is 0 Å². The second-order valence-corrected chi connectivity index (χ2v) is 5.06. The second kappa shape index (κ2) is 6.88. The van der Waals surface area contributed by atoms with E-state index in [9.17, 15) is 4.79 Å². The topological polar surface area (TPSA) is 54.3 Å². The summed E-state index contributed by atoms with van der Waals surface area (Å²) in [7, 11) is 4.02. The van der Waals surface area contributed by atoms with Crippen LogP contribution in [0.1, 0.15) is 12.5 Å². The van der Waals surface area contributed by atoms with Gasteiger partial charge in [-0.05, 0) is 24.6 Å². The summed E-state index contributed by atoms with van der Waals surface area (Å²) in [6, 6.07) is 8.23. The number of likely N-dealkylation sites (N-methyl/N-ethyl adjacent to an activating group) is 1. The monoisotopic (exact) mass is 287 g/mol. The van der Waals surface area contributed by atoms with Gasteiger partial charge in [-0.1, -0.05) is 12.1 Å². The lowest BCUT2D eigenvalue weighted by Crippen LogP contribution is -2.33. The van der Waals surface area contributed by atoms with E-state index in [1.807, 2.05) is 25.9 Å². The molecule has 0 saturated carbocycles. The molecule has 1 aromatic heterocycles. The average Bonchev–Trinajstić information content (AvgIpc) is 2.98. The zero-order valence-electron chi connectivity index (χ0n) is 12.7. The molecule has 1 amide bonds. The van der Waals surface area contributed by atoms with E-state index in [1.54, 1.807) is 11.0 Å². The molecule has 6 nitrogen and oxygen atoms in total. The van der Waals surface area contributed by atoms with Gasteiger partial charge in [0.1, 0.15) is 19.2 Å². The van der Waals surface area contributed by atoms with Gasteiger partial charge in [-0.2, -0.15) is 5.10 Å². The largest absolute Gasteiger partial charge is 0.378 e. The molecule has 0 atom stereocenters. The predicted molar refractivity (Wildman–Crippen MR) is 81.9 cm³/mol. The van der Waals surface area contributed by atoms with Crippen molar-refractivity contribution in [3.8, 4) is 0 Å². The highest BCUT2D eigenvalue weighted by Gasteiger charge is 2.13. The Kier molecular flexibility index (Phi) is 4.92. The number of amides is 1. The fraction of sp³-hybridized carbons (Fsp3) is 0.400. The normalized spacial score (nSPS) is 10.4. The van der Waals surface area contributed by atoms with Crippen molar-refractivity contribution in [3.63, 3.8) is 0 Å². The Balaban J connectivity index is 1.99. The maximum Gasteiger partial charge on any atom is 0.244 e. The summed E-state index contributed by atoms with van der Waals surface area (Å²) >= 11 is 0. The molecule has 0 aliphatic heterocycles. The highest BCUT2D eigenvalue weighted by atomic mass is 16.2. The minimum absolute atomic E-state index is 0.0414. The number of carbonyl (C=O) groups excluding carboxylic acids is 1. The van der Waals surface area contributed by atoms with Gasteiger partial charge in [0, 0.05) is 32.9 Å². The Labute approximate surface area is 125 Å². The summed E-state index contributed by atoms with van der Waals surface area (Å²) in [6.45, 7) is 3.48. The third-order valence-corrected chi connectivity index (χ3v) is 3.32. The zero-order chi connectivity index (χ0) is 15.2. The third kappa shape index (κ3) is 4.05. The smallest absolute Gasteiger partial charge is 0.244 e. The first-order valence-electron chi connectivity index (χ1n) is 6.96. The fourth-order valence-electron chi connectivity index (χ4n) is 2.05. The number of hydrogen-bond donors (Lipinski definition) is 0. The summed E-state index contributed by atoms with van der Waals surface area (Å²) in [5, 5.41) is 3.96. The molecule has 0 spiro atoms. The predicted octanol–water partition coefficient (Wildman–Crippen LogP) is 1.39. The van der Waals surface area contributed by atoms with E-state index in [-0.39, 0.29) is 12.5 Å². The minimum Gasteiger partial charge on any atom is -0.378 e. The van der Waals surface area contributed by atoms with Crippen LogP contribution in [-0.2, 0) is 17.9 Å². The third-order valence-electron chi connectivity index (χ3n) is 3.32. The Bertz CT molecular complexity index is 562. The summed E-state index contributed by atoms with van der Waals surface area (Å²) in [4.78, 5) is 20.0. The van der Waals surface area contributed by atoms with Crippen molar-refractivity contribution in [2.24, 2.45) is 0 Å². The Morgan fingerprint density at radius 2 is 1.95 bits per heavy atom. The van der Waals surface area contributed by atoms with Crippen molar-refractivity contribution in [1.82, 2.24) is 19.7 Å². The van der Waals surface area contributed by atoms with Gasteiger partial charge >= 0.3 is 0 Å². The van der Waals surface area contributed by atoms with Gasteiger partial charge in [0.15, 0.2) is 0 Å². The van der Waals surface area contributed by atoms with Crippen LogP contribution in [0.3, 0.4) is 0 Å². The molecule has 0 unspecified atom stereocenters. The molecule has 1 heterocycles. The van der Waals surface area contributed by atoms with E-state index in [0.29, 0.717) is 13.1 Å². The molecule has 0 radical (unpaired) electrons. The SMILES string of the molecule is CCN(Cc1ccc(N(C)C)cc1)C(=O)Cn1cncn1. The van der Waals surface area contributed by atoms with E-state index >= 15 is 0 Å². The quantitative estimate of drug-likeness (QED) is 0.806. The van der Waals surface area contributed by atoms with E-state index in [0.717, 1.165) is 11.3 Å². The Morgan fingerprint density at radius 1 is 1.24 bits per heavy atom. The molecule has 6 heteroatoms. The van der Waals surface area contributed by atoms with Crippen LogP contribution in [0.2, 0.25) is 0 Å². The van der Waals surface area contributed by atoms with E-state index in [1.165, 1.54) is 6.33 Å². The number of rotatable bonds is 6. The molecule has 21 heavy (non-hydrogen) atoms. The molecular weight excluding hydrogens is 266 g/mol. The van der Waals surface area contributed by atoms with Gasteiger partial charge < -0.3 is 9.80 Å². The van der Waals surface area contributed by atoms with Crippen LogP contribution in [0.25, 0.3) is 0 Å². The summed E-state index contributed by atoms with van der Waals surface area (Å²) in [5.41, 5.74) is 2.27. The Hall–Kier alpha value is -2.37. The lowest BCUT2D eigenvalue weighted by atomic mass is 10.2. The highest BCUT2D eigenvalue weighted by molar-refractivity contribution is 5.75. The van der Waals surface area contributed by atoms with Crippen LogP contribution in [0, 0.1) is 0 Å². The van der Waals surface area contributed by atoms with Crippen LogP contribution >= 0.6 is 0 Å². The van der Waals surface area contributed by atoms with Gasteiger partial charge in [0.25, 0.3) is 0 Å². The summed E-state index contributed by atoms with van der Waals surface area (Å²) in [5.74, 6) is 0.0414. The van der Waals surface area contributed by atoms with Gasteiger partial charge in [-0.15, -0.1) is 0 Å².